The van der Waals surface area contributed by atoms with Gasteiger partial charge in [-0.15, -0.1) is 0 Å². The third-order valence-electron chi connectivity index (χ3n) is 3.84. The van der Waals surface area contributed by atoms with E-state index in [0.29, 0.717) is 10.6 Å². The van der Waals surface area contributed by atoms with Crippen molar-refractivity contribution < 1.29 is 4.79 Å². The molecule has 0 atom stereocenters. The van der Waals surface area contributed by atoms with E-state index in [1.54, 1.807) is 4.57 Å². The normalized spacial score (nSPS) is 10.7. The number of carbonyl (C=O) groups is 1. The minimum atomic E-state index is -0.142. The number of hydrogen-bond acceptors (Lipinski definition) is 3. The lowest BCUT2D eigenvalue weighted by Gasteiger charge is -2.10. The Balaban J connectivity index is 1.84. The largest absolute Gasteiger partial charge is 0.325 e. The molecule has 2 aromatic carbocycles. The first-order chi connectivity index (χ1) is 11.9. The molecule has 25 heavy (non-hydrogen) atoms. The Morgan fingerprint density at radius 3 is 2.52 bits per heavy atom. The van der Waals surface area contributed by atoms with Crippen molar-refractivity contribution in [1.82, 2.24) is 14.8 Å². The van der Waals surface area contributed by atoms with Gasteiger partial charge >= 0.3 is 0 Å². The number of amides is 1. The van der Waals surface area contributed by atoms with Crippen LogP contribution in [0.15, 0.2) is 42.5 Å². The molecular formula is C19H20N4OS. The molecule has 0 unspecified atom stereocenters. The maximum absolute atomic E-state index is 12.5. The molecule has 5 nitrogen and oxygen atoms in total. The Bertz CT molecular complexity index is 967. The zero-order valence-electron chi connectivity index (χ0n) is 14.5. The molecule has 6 heteroatoms. The summed E-state index contributed by atoms with van der Waals surface area (Å²) in [6, 6.07) is 13.9. The minimum absolute atomic E-state index is 0.103. The first kappa shape index (κ1) is 17.1. The Kier molecular flexibility index (Phi) is 4.81. The lowest BCUT2D eigenvalue weighted by atomic mass is 10.1. The molecule has 2 N–H and O–H groups in total. The van der Waals surface area contributed by atoms with Crippen molar-refractivity contribution in [2.75, 3.05) is 5.32 Å². The van der Waals surface area contributed by atoms with Crippen molar-refractivity contribution in [2.45, 2.75) is 27.3 Å². The number of aromatic nitrogens is 3. The number of carbonyl (C=O) groups excluding carboxylic acids is 1. The number of nitrogens with zero attached hydrogens (tertiary/aromatic N) is 2. The third-order valence-corrected chi connectivity index (χ3v) is 4.15. The molecule has 0 saturated heterocycles. The highest BCUT2D eigenvalue weighted by atomic mass is 32.1. The van der Waals surface area contributed by atoms with Gasteiger partial charge in [-0.25, -0.2) is 0 Å². The summed E-state index contributed by atoms with van der Waals surface area (Å²) in [5, 5.41) is 9.99. The first-order valence-electron chi connectivity index (χ1n) is 8.03. The molecule has 3 aromatic rings. The number of benzene rings is 2. The van der Waals surface area contributed by atoms with Crippen molar-refractivity contribution in [3.05, 3.63) is 63.9 Å². The average molecular weight is 352 g/mol. The van der Waals surface area contributed by atoms with Gasteiger partial charge < -0.3 is 5.32 Å². The minimum Gasteiger partial charge on any atom is -0.325 e. The van der Waals surface area contributed by atoms with Gasteiger partial charge in [0.2, 0.25) is 5.91 Å². The van der Waals surface area contributed by atoms with E-state index in [-0.39, 0.29) is 12.5 Å². The quantitative estimate of drug-likeness (QED) is 0.693. The highest BCUT2D eigenvalue weighted by Crippen LogP contribution is 2.19. The van der Waals surface area contributed by atoms with Gasteiger partial charge in [0, 0.05) is 11.3 Å². The van der Waals surface area contributed by atoms with Gasteiger partial charge in [-0.3, -0.25) is 14.5 Å². The van der Waals surface area contributed by atoms with Crippen molar-refractivity contribution in [1.29, 1.82) is 0 Å². The highest BCUT2D eigenvalue weighted by Gasteiger charge is 2.13. The van der Waals surface area contributed by atoms with Gasteiger partial charge in [0.15, 0.2) is 10.6 Å². The predicted molar refractivity (Wildman–Crippen MR) is 102 cm³/mol. The molecule has 0 aliphatic heterocycles. The van der Waals surface area contributed by atoms with E-state index < -0.39 is 0 Å². The summed E-state index contributed by atoms with van der Waals surface area (Å²) in [6.45, 7) is 6.13. The fraction of sp³-hybridized carbons (Fsp3) is 0.211. The molecule has 1 amide bonds. The number of aromatic amines is 1. The molecule has 0 radical (unpaired) electrons. The topological polar surface area (TPSA) is 62.7 Å². The Hall–Kier alpha value is -2.73. The van der Waals surface area contributed by atoms with E-state index in [4.69, 9.17) is 12.2 Å². The Labute approximate surface area is 151 Å². The smallest absolute Gasteiger partial charge is 0.244 e. The average Bonchev–Trinajstić information content (AvgIpc) is 2.87. The van der Waals surface area contributed by atoms with Crippen molar-refractivity contribution in [3.63, 3.8) is 0 Å². The number of nitrogens with one attached hydrogen (secondary N) is 2. The number of anilines is 1. The Morgan fingerprint density at radius 1 is 1.12 bits per heavy atom. The van der Waals surface area contributed by atoms with Gasteiger partial charge in [-0.1, -0.05) is 29.8 Å². The highest BCUT2D eigenvalue weighted by molar-refractivity contribution is 7.71. The van der Waals surface area contributed by atoms with Crippen LogP contribution in [0.5, 0.6) is 0 Å². The molecule has 0 spiro atoms. The van der Waals surface area contributed by atoms with Crippen molar-refractivity contribution in [2.24, 2.45) is 0 Å². The van der Waals surface area contributed by atoms with Crippen LogP contribution in [-0.4, -0.2) is 20.7 Å². The molecule has 0 bridgehead atoms. The molecule has 1 heterocycles. The fourth-order valence-corrected chi connectivity index (χ4v) is 3.06. The molecule has 0 saturated carbocycles. The summed E-state index contributed by atoms with van der Waals surface area (Å²) in [5.41, 5.74) is 5.05. The lowest BCUT2D eigenvalue weighted by Crippen LogP contribution is -2.19. The SMILES string of the molecule is Cc1cc(C)cc(NC(=O)Cn2c(-c3cccc(C)c3)n[nH]c2=S)c1. The summed E-state index contributed by atoms with van der Waals surface area (Å²) >= 11 is 5.30. The van der Waals surface area contributed by atoms with E-state index in [1.807, 2.05) is 57.2 Å². The Morgan fingerprint density at radius 2 is 1.84 bits per heavy atom. The second-order valence-electron chi connectivity index (χ2n) is 6.23. The molecule has 1 aromatic heterocycles. The summed E-state index contributed by atoms with van der Waals surface area (Å²) in [6.07, 6.45) is 0. The number of rotatable bonds is 4. The molecule has 0 aliphatic rings. The van der Waals surface area contributed by atoms with Crippen LogP contribution in [0, 0.1) is 25.5 Å². The second-order valence-corrected chi connectivity index (χ2v) is 6.62. The van der Waals surface area contributed by atoms with Gasteiger partial charge in [-0.05, 0) is 62.3 Å². The lowest BCUT2D eigenvalue weighted by molar-refractivity contribution is -0.116. The third kappa shape index (κ3) is 4.03. The summed E-state index contributed by atoms with van der Waals surface area (Å²) < 4.78 is 2.13. The fourth-order valence-electron chi connectivity index (χ4n) is 2.86. The molecule has 0 fully saturated rings. The van der Waals surface area contributed by atoms with Gasteiger partial charge in [0.05, 0.1) is 0 Å². The standard InChI is InChI=1S/C19H20N4OS/c1-12-5-4-6-15(8-12)18-21-22-19(25)23(18)11-17(24)20-16-9-13(2)7-14(3)10-16/h4-10H,11H2,1-3H3,(H,20,24)(H,22,25). The van der Waals surface area contributed by atoms with E-state index >= 15 is 0 Å². The first-order valence-corrected chi connectivity index (χ1v) is 8.43. The van der Waals surface area contributed by atoms with Crippen LogP contribution in [0.25, 0.3) is 11.4 Å². The van der Waals surface area contributed by atoms with Crippen LogP contribution < -0.4 is 5.32 Å². The maximum atomic E-state index is 12.5. The second kappa shape index (κ2) is 7.03. The van der Waals surface area contributed by atoms with E-state index in [9.17, 15) is 4.79 Å². The van der Waals surface area contributed by atoms with Crippen molar-refractivity contribution in [3.8, 4) is 11.4 Å². The van der Waals surface area contributed by atoms with E-state index in [2.05, 4.69) is 21.6 Å². The molecular weight excluding hydrogens is 332 g/mol. The van der Waals surface area contributed by atoms with Gasteiger partial charge in [0.25, 0.3) is 0 Å². The van der Waals surface area contributed by atoms with E-state index in [0.717, 1.165) is 27.9 Å². The van der Waals surface area contributed by atoms with Crippen LogP contribution >= 0.6 is 12.2 Å². The van der Waals surface area contributed by atoms with Crippen molar-refractivity contribution >= 4 is 23.8 Å². The number of H-pyrrole nitrogens is 1. The van der Waals surface area contributed by atoms with Gasteiger partial charge in [0.1, 0.15) is 6.54 Å². The van der Waals surface area contributed by atoms with E-state index in [1.165, 1.54) is 0 Å². The molecule has 128 valence electrons. The number of hydrogen-bond donors (Lipinski definition) is 2. The summed E-state index contributed by atoms with van der Waals surface area (Å²) in [7, 11) is 0. The predicted octanol–water partition coefficient (Wildman–Crippen LogP) is 4.17. The van der Waals surface area contributed by atoms with Crippen LogP contribution in [0.1, 0.15) is 16.7 Å². The van der Waals surface area contributed by atoms with Crippen LogP contribution in [0.2, 0.25) is 0 Å². The number of aryl methyl sites for hydroxylation is 3. The summed E-state index contributed by atoms with van der Waals surface area (Å²) in [5.74, 6) is 0.515. The summed E-state index contributed by atoms with van der Waals surface area (Å²) in [4.78, 5) is 12.5. The maximum Gasteiger partial charge on any atom is 0.244 e. The van der Waals surface area contributed by atoms with Crippen LogP contribution in [0.3, 0.4) is 0 Å². The van der Waals surface area contributed by atoms with Gasteiger partial charge in [-0.2, -0.15) is 5.10 Å². The van der Waals surface area contributed by atoms with Crippen LogP contribution in [-0.2, 0) is 11.3 Å². The molecule has 3 rings (SSSR count). The molecule has 0 aliphatic carbocycles. The van der Waals surface area contributed by atoms with Crippen LogP contribution in [0.4, 0.5) is 5.69 Å². The monoisotopic (exact) mass is 352 g/mol. The zero-order valence-corrected chi connectivity index (χ0v) is 15.3. The zero-order chi connectivity index (χ0) is 18.0.